The van der Waals surface area contributed by atoms with Crippen LogP contribution in [0.5, 0.6) is 0 Å². The van der Waals surface area contributed by atoms with E-state index in [-0.39, 0.29) is 16.5 Å². The van der Waals surface area contributed by atoms with E-state index in [1.807, 2.05) is 42.8 Å². The SMILES string of the molecule is CSCCC(NC(=O)c1ccc(Cl)cc1Cl)C(=O)NCc1cnn(-c2ccccc2)c1. The molecule has 162 valence electrons. The van der Waals surface area contributed by atoms with E-state index in [0.29, 0.717) is 18.0 Å². The molecule has 2 N–H and O–H groups in total. The molecule has 0 fully saturated rings. The molecule has 0 saturated carbocycles. The Balaban J connectivity index is 1.63. The third kappa shape index (κ3) is 6.50. The van der Waals surface area contributed by atoms with E-state index in [1.54, 1.807) is 34.8 Å². The van der Waals surface area contributed by atoms with Crippen molar-refractivity contribution in [2.24, 2.45) is 0 Å². The summed E-state index contributed by atoms with van der Waals surface area (Å²) < 4.78 is 1.75. The molecule has 0 aliphatic rings. The molecule has 0 saturated heterocycles. The van der Waals surface area contributed by atoms with Gasteiger partial charge in [0.1, 0.15) is 6.04 Å². The molecule has 9 heteroatoms. The lowest BCUT2D eigenvalue weighted by Crippen LogP contribution is -2.46. The van der Waals surface area contributed by atoms with Crippen LogP contribution in [0.1, 0.15) is 22.3 Å². The minimum atomic E-state index is -0.684. The predicted molar refractivity (Wildman–Crippen MR) is 126 cm³/mol. The maximum Gasteiger partial charge on any atom is 0.253 e. The fourth-order valence-corrected chi connectivity index (χ4v) is 3.87. The first-order chi connectivity index (χ1) is 15.0. The summed E-state index contributed by atoms with van der Waals surface area (Å²) in [5.74, 6) is 0.0401. The Morgan fingerprint density at radius 3 is 2.65 bits per heavy atom. The number of hydrogen-bond acceptors (Lipinski definition) is 4. The highest BCUT2D eigenvalue weighted by Crippen LogP contribution is 2.21. The highest BCUT2D eigenvalue weighted by molar-refractivity contribution is 7.98. The van der Waals surface area contributed by atoms with Crippen LogP contribution < -0.4 is 10.6 Å². The smallest absolute Gasteiger partial charge is 0.253 e. The topological polar surface area (TPSA) is 76.0 Å². The van der Waals surface area contributed by atoms with E-state index >= 15 is 0 Å². The van der Waals surface area contributed by atoms with Gasteiger partial charge in [0.2, 0.25) is 5.91 Å². The molecule has 31 heavy (non-hydrogen) atoms. The minimum absolute atomic E-state index is 0.238. The second kappa shape index (κ2) is 11.2. The van der Waals surface area contributed by atoms with Gasteiger partial charge in [-0.1, -0.05) is 41.4 Å². The van der Waals surface area contributed by atoms with Gasteiger partial charge in [-0.15, -0.1) is 0 Å². The van der Waals surface area contributed by atoms with Gasteiger partial charge in [0.05, 0.1) is 22.5 Å². The molecule has 2 amide bonds. The molecule has 1 unspecified atom stereocenters. The lowest BCUT2D eigenvalue weighted by molar-refractivity contribution is -0.123. The van der Waals surface area contributed by atoms with Crippen molar-refractivity contribution in [2.75, 3.05) is 12.0 Å². The number of amides is 2. The van der Waals surface area contributed by atoms with Gasteiger partial charge in [-0.05, 0) is 48.8 Å². The van der Waals surface area contributed by atoms with Gasteiger partial charge in [-0.25, -0.2) is 4.68 Å². The number of halogens is 2. The summed E-state index contributed by atoms with van der Waals surface area (Å²) in [6.45, 7) is 0.305. The summed E-state index contributed by atoms with van der Waals surface area (Å²) in [6.07, 6.45) is 6.01. The molecule has 0 aliphatic heterocycles. The lowest BCUT2D eigenvalue weighted by Gasteiger charge is -2.18. The molecule has 1 aromatic heterocycles. The molecule has 6 nitrogen and oxygen atoms in total. The van der Waals surface area contributed by atoms with Crippen molar-refractivity contribution in [3.8, 4) is 5.69 Å². The largest absolute Gasteiger partial charge is 0.350 e. The number of nitrogens with one attached hydrogen (secondary N) is 2. The molecule has 3 aromatic rings. The van der Waals surface area contributed by atoms with Crippen LogP contribution in [0.4, 0.5) is 0 Å². The van der Waals surface area contributed by atoms with Gasteiger partial charge in [-0.3, -0.25) is 9.59 Å². The van der Waals surface area contributed by atoms with Crippen LogP contribution >= 0.6 is 35.0 Å². The molecular formula is C22H22Cl2N4O2S. The van der Waals surface area contributed by atoms with Crippen molar-refractivity contribution in [3.63, 3.8) is 0 Å². The first-order valence-electron chi connectivity index (χ1n) is 9.59. The lowest BCUT2D eigenvalue weighted by atomic mass is 10.1. The number of carbonyl (C=O) groups excluding carboxylic acids is 2. The Morgan fingerprint density at radius 1 is 1.16 bits per heavy atom. The van der Waals surface area contributed by atoms with Gasteiger partial charge in [0.15, 0.2) is 0 Å². The van der Waals surface area contributed by atoms with Crippen molar-refractivity contribution < 1.29 is 9.59 Å². The highest BCUT2D eigenvalue weighted by Gasteiger charge is 2.22. The van der Waals surface area contributed by atoms with Crippen LogP contribution in [0.25, 0.3) is 5.69 Å². The Bertz CT molecular complexity index is 1040. The van der Waals surface area contributed by atoms with Crippen molar-refractivity contribution in [3.05, 3.63) is 82.1 Å². The Labute approximate surface area is 195 Å². The number of carbonyl (C=O) groups is 2. The third-order valence-electron chi connectivity index (χ3n) is 4.53. The minimum Gasteiger partial charge on any atom is -0.350 e. The Hall–Kier alpha value is -2.48. The first-order valence-corrected chi connectivity index (χ1v) is 11.7. The summed E-state index contributed by atoms with van der Waals surface area (Å²) in [6, 6.07) is 13.7. The molecule has 0 radical (unpaired) electrons. The van der Waals surface area contributed by atoms with E-state index in [9.17, 15) is 9.59 Å². The van der Waals surface area contributed by atoms with E-state index in [2.05, 4.69) is 15.7 Å². The van der Waals surface area contributed by atoms with Crippen LogP contribution in [0.15, 0.2) is 60.9 Å². The normalized spacial score (nSPS) is 11.7. The van der Waals surface area contributed by atoms with E-state index in [0.717, 1.165) is 17.0 Å². The number of thioether (sulfide) groups is 1. The molecule has 3 rings (SSSR count). The van der Waals surface area contributed by atoms with Crippen molar-refractivity contribution in [1.29, 1.82) is 0 Å². The third-order valence-corrected chi connectivity index (χ3v) is 5.72. The van der Waals surface area contributed by atoms with Crippen LogP contribution in [-0.2, 0) is 11.3 Å². The highest BCUT2D eigenvalue weighted by atomic mass is 35.5. The summed E-state index contributed by atoms with van der Waals surface area (Å²) >= 11 is 13.6. The van der Waals surface area contributed by atoms with Crippen LogP contribution in [0, 0.1) is 0 Å². The van der Waals surface area contributed by atoms with Gasteiger partial charge in [0.25, 0.3) is 5.91 Å². The average Bonchev–Trinajstić information content (AvgIpc) is 3.24. The second-order valence-corrected chi connectivity index (χ2v) is 8.61. The van der Waals surface area contributed by atoms with E-state index < -0.39 is 11.9 Å². The van der Waals surface area contributed by atoms with Gasteiger partial charge < -0.3 is 10.6 Å². The molecule has 1 atom stereocenters. The van der Waals surface area contributed by atoms with Crippen LogP contribution in [-0.4, -0.2) is 39.6 Å². The molecule has 2 aromatic carbocycles. The summed E-state index contributed by atoms with van der Waals surface area (Å²) in [5.41, 5.74) is 2.06. The van der Waals surface area contributed by atoms with E-state index in [4.69, 9.17) is 23.2 Å². The van der Waals surface area contributed by atoms with Crippen LogP contribution in [0.2, 0.25) is 10.0 Å². The number of nitrogens with zero attached hydrogens (tertiary/aromatic N) is 2. The summed E-state index contributed by atoms with van der Waals surface area (Å²) in [4.78, 5) is 25.4. The predicted octanol–water partition coefficient (Wildman–Crippen LogP) is 4.35. The fourth-order valence-electron chi connectivity index (χ4n) is 2.90. The molecule has 0 bridgehead atoms. The quantitative estimate of drug-likeness (QED) is 0.481. The fraction of sp³-hybridized carbons (Fsp3) is 0.227. The number of aromatic nitrogens is 2. The van der Waals surface area contributed by atoms with Gasteiger partial charge in [-0.2, -0.15) is 16.9 Å². The second-order valence-electron chi connectivity index (χ2n) is 6.78. The standard InChI is InChI=1S/C22H22Cl2N4O2S/c1-31-10-9-20(27-21(29)18-8-7-16(23)11-19(18)24)22(30)25-12-15-13-26-28(14-15)17-5-3-2-4-6-17/h2-8,11,13-14,20H,9-10,12H2,1H3,(H,25,30)(H,27,29). The number of benzene rings is 2. The van der Waals surface area contributed by atoms with Crippen molar-refractivity contribution in [2.45, 2.75) is 19.0 Å². The van der Waals surface area contributed by atoms with Crippen molar-refractivity contribution >= 4 is 46.8 Å². The number of rotatable bonds is 9. The van der Waals surface area contributed by atoms with Gasteiger partial charge >= 0.3 is 0 Å². The van der Waals surface area contributed by atoms with Gasteiger partial charge in [0, 0.05) is 23.3 Å². The zero-order valence-corrected chi connectivity index (χ0v) is 19.2. The van der Waals surface area contributed by atoms with Crippen molar-refractivity contribution in [1.82, 2.24) is 20.4 Å². The molecular weight excluding hydrogens is 455 g/mol. The molecule has 1 heterocycles. The molecule has 0 spiro atoms. The first kappa shape index (κ1) is 23.2. The zero-order valence-electron chi connectivity index (χ0n) is 16.8. The zero-order chi connectivity index (χ0) is 22.2. The van der Waals surface area contributed by atoms with Crippen LogP contribution in [0.3, 0.4) is 0 Å². The monoisotopic (exact) mass is 476 g/mol. The van der Waals surface area contributed by atoms with E-state index in [1.165, 1.54) is 6.07 Å². The maximum absolute atomic E-state index is 12.8. The Kier molecular flexibility index (Phi) is 8.40. The maximum atomic E-state index is 12.8. The summed E-state index contributed by atoms with van der Waals surface area (Å²) in [7, 11) is 0. The Morgan fingerprint density at radius 2 is 1.94 bits per heavy atom. The average molecular weight is 477 g/mol. The summed E-state index contributed by atoms with van der Waals surface area (Å²) in [5, 5.41) is 10.7. The molecule has 0 aliphatic carbocycles. The number of hydrogen-bond donors (Lipinski definition) is 2. The number of para-hydroxylation sites is 1.